The van der Waals surface area contributed by atoms with E-state index in [-0.39, 0.29) is 29.2 Å². The van der Waals surface area contributed by atoms with Gasteiger partial charge in [-0.15, -0.1) is 11.3 Å². The highest BCUT2D eigenvalue weighted by molar-refractivity contribution is 7.17. The number of halogens is 1. The van der Waals surface area contributed by atoms with Crippen LogP contribution in [0.15, 0.2) is 59.0 Å². The predicted molar refractivity (Wildman–Crippen MR) is 111 cm³/mol. The van der Waals surface area contributed by atoms with Crippen molar-refractivity contribution < 1.29 is 13.9 Å². The van der Waals surface area contributed by atoms with Crippen LogP contribution >= 0.6 is 11.3 Å². The summed E-state index contributed by atoms with van der Waals surface area (Å²) in [6.07, 6.45) is 1.36. The Kier molecular flexibility index (Phi) is 4.98. The SMILES string of the molecule is COc1ccc(C(=O)Cn2cnc3scc(-c4ccc(C)cc4)c3c2=O)cc1F. The first-order valence-corrected chi connectivity index (χ1v) is 9.76. The molecule has 0 amide bonds. The van der Waals surface area contributed by atoms with E-state index in [1.54, 1.807) is 0 Å². The zero-order chi connectivity index (χ0) is 20.5. The number of aromatic nitrogens is 2. The maximum atomic E-state index is 13.9. The monoisotopic (exact) mass is 408 g/mol. The first-order valence-electron chi connectivity index (χ1n) is 8.88. The van der Waals surface area contributed by atoms with E-state index in [9.17, 15) is 14.0 Å². The van der Waals surface area contributed by atoms with Crippen LogP contribution in [0, 0.1) is 12.7 Å². The Balaban J connectivity index is 1.71. The number of fused-ring (bicyclic) bond motifs is 1. The third-order valence-corrected chi connectivity index (χ3v) is 5.60. The smallest absolute Gasteiger partial charge is 0.263 e. The minimum absolute atomic E-state index is 0.0582. The highest BCUT2D eigenvalue weighted by Gasteiger charge is 2.16. The molecule has 0 N–H and O–H groups in total. The summed E-state index contributed by atoms with van der Waals surface area (Å²) in [6.45, 7) is 1.77. The Morgan fingerprint density at radius 1 is 1.21 bits per heavy atom. The number of ketones is 1. The van der Waals surface area contributed by atoms with Crippen molar-refractivity contribution in [3.8, 4) is 16.9 Å². The first kappa shape index (κ1) is 19.0. The van der Waals surface area contributed by atoms with E-state index in [0.29, 0.717) is 10.2 Å². The summed E-state index contributed by atoms with van der Waals surface area (Å²) in [7, 11) is 1.35. The number of rotatable bonds is 5. The number of Topliss-reactive ketones (excluding diaryl/α,β-unsaturated/α-hetero) is 1. The van der Waals surface area contributed by atoms with Gasteiger partial charge in [0, 0.05) is 16.5 Å². The van der Waals surface area contributed by atoms with Gasteiger partial charge in [0.25, 0.3) is 5.56 Å². The summed E-state index contributed by atoms with van der Waals surface area (Å²) < 4.78 is 20.0. The Morgan fingerprint density at radius 2 is 1.97 bits per heavy atom. The number of hydrogen-bond acceptors (Lipinski definition) is 5. The van der Waals surface area contributed by atoms with E-state index in [4.69, 9.17) is 4.74 Å². The van der Waals surface area contributed by atoms with Crippen LogP contribution in [-0.4, -0.2) is 22.4 Å². The zero-order valence-corrected chi connectivity index (χ0v) is 16.6. The molecule has 7 heteroatoms. The number of nitrogens with zero attached hydrogens (tertiary/aromatic N) is 2. The molecule has 0 aliphatic carbocycles. The molecule has 0 bridgehead atoms. The number of thiophene rings is 1. The summed E-state index contributed by atoms with van der Waals surface area (Å²) in [6, 6.07) is 11.9. The minimum Gasteiger partial charge on any atom is -0.494 e. The van der Waals surface area contributed by atoms with E-state index in [1.807, 2.05) is 36.6 Å². The van der Waals surface area contributed by atoms with Gasteiger partial charge < -0.3 is 4.74 Å². The Bertz CT molecular complexity index is 1280. The highest BCUT2D eigenvalue weighted by atomic mass is 32.1. The molecule has 0 unspecified atom stereocenters. The fraction of sp³-hybridized carbons (Fsp3) is 0.136. The molecule has 0 fully saturated rings. The van der Waals surface area contributed by atoms with Crippen LogP contribution < -0.4 is 10.3 Å². The van der Waals surface area contributed by atoms with Crippen molar-refractivity contribution in [2.75, 3.05) is 7.11 Å². The quantitative estimate of drug-likeness (QED) is 0.457. The molecule has 4 rings (SSSR count). The molecule has 29 heavy (non-hydrogen) atoms. The molecule has 0 aliphatic heterocycles. The topological polar surface area (TPSA) is 61.2 Å². The molecule has 2 heterocycles. The fourth-order valence-electron chi connectivity index (χ4n) is 3.11. The van der Waals surface area contributed by atoms with Crippen molar-refractivity contribution in [2.45, 2.75) is 13.5 Å². The summed E-state index contributed by atoms with van der Waals surface area (Å²) in [5.74, 6) is -0.955. The second-order valence-corrected chi connectivity index (χ2v) is 7.50. The Labute approximate surface area is 170 Å². The van der Waals surface area contributed by atoms with Crippen molar-refractivity contribution in [3.63, 3.8) is 0 Å². The molecular formula is C22H17FN2O3S. The standard InChI is InChI=1S/C22H17FN2O3S/c1-13-3-5-14(6-4-13)16-11-29-21-20(16)22(27)25(12-24-21)10-18(26)15-7-8-19(28-2)17(23)9-15/h3-9,11-12H,10H2,1-2H3. The number of hydrogen-bond donors (Lipinski definition) is 0. The summed E-state index contributed by atoms with van der Waals surface area (Å²) in [5.41, 5.74) is 2.71. The summed E-state index contributed by atoms with van der Waals surface area (Å²) >= 11 is 1.38. The average Bonchev–Trinajstić information content (AvgIpc) is 3.15. The molecular weight excluding hydrogens is 391 g/mol. The van der Waals surface area contributed by atoms with E-state index >= 15 is 0 Å². The van der Waals surface area contributed by atoms with Crippen LogP contribution in [-0.2, 0) is 6.54 Å². The van der Waals surface area contributed by atoms with E-state index in [2.05, 4.69) is 4.98 Å². The van der Waals surface area contributed by atoms with Crippen molar-refractivity contribution in [3.05, 3.63) is 81.5 Å². The summed E-state index contributed by atoms with van der Waals surface area (Å²) in [5, 5.41) is 2.38. The van der Waals surface area contributed by atoms with E-state index in [1.165, 1.54) is 41.5 Å². The van der Waals surface area contributed by atoms with E-state index < -0.39 is 5.82 Å². The first-order chi connectivity index (χ1) is 14.0. The van der Waals surface area contributed by atoms with Crippen molar-refractivity contribution in [1.82, 2.24) is 9.55 Å². The molecule has 146 valence electrons. The minimum atomic E-state index is -0.626. The molecule has 5 nitrogen and oxygen atoms in total. The maximum Gasteiger partial charge on any atom is 0.263 e. The van der Waals surface area contributed by atoms with Gasteiger partial charge in [-0.1, -0.05) is 29.8 Å². The van der Waals surface area contributed by atoms with Crippen LogP contribution in [0.4, 0.5) is 4.39 Å². The van der Waals surface area contributed by atoms with Gasteiger partial charge in [0.1, 0.15) is 4.83 Å². The van der Waals surface area contributed by atoms with Gasteiger partial charge in [-0.2, -0.15) is 0 Å². The van der Waals surface area contributed by atoms with Crippen molar-refractivity contribution in [2.24, 2.45) is 0 Å². The van der Waals surface area contributed by atoms with Gasteiger partial charge in [-0.25, -0.2) is 9.37 Å². The maximum absolute atomic E-state index is 13.9. The third kappa shape index (κ3) is 3.56. The lowest BCUT2D eigenvalue weighted by Gasteiger charge is -2.07. The molecule has 0 radical (unpaired) electrons. The average molecular weight is 408 g/mol. The van der Waals surface area contributed by atoms with Crippen LogP contribution in [0.5, 0.6) is 5.75 Å². The lowest BCUT2D eigenvalue weighted by molar-refractivity contribution is 0.0970. The van der Waals surface area contributed by atoms with E-state index in [0.717, 1.165) is 22.8 Å². The molecule has 4 aromatic rings. The number of benzene rings is 2. The van der Waals surface area contributed by atoms with Crippen molar-refractivity contribution in [1.29, 1.82) is 0 Å². The van der Waals surface area contributed by atoms with Crippen LogP contribution in [0.25, 0.3) is 21.3 Å². The normalized spacial score (nSPS) is 11.0. The molecule has 0 saturated heterocycles. The summed E-state index contributed by atoms with van der Waals surface area (Å²) in [4.78, 5) is 30.6. The predicted octanol–water partition coefficient (Wildman–Crippen LogP) is 4.46. The van der Waals surface area contributed by atoms with Gasteiger partial charge in [0.05, 0.1) is 25.4 Å². The molecule has 0 saturated carbocycles. The molecule has 0 spiro atoms. The molecule has 0 aliphatic rings. The lowest BCUT2D eigenvalue weighted by Crippen LogP contribution is -2.24. The molecule has 2 aromatic carbocycles. The lowest BCUT2D eigenvalue weighted by atomic mass is 10.0. The number of carbonyl (C=O) groups is 1. The van der Waals surface area contributed by atoms with Crippen LogP contribution in [0.2, 0.25) is 0 Å². The Hall–Kier alpha value is -3.32. The van der Waals surface area contributed by atoms with Gasteiger partial charge in [-0.3, -0.25) is 14.2 Å². The second kappa shape index (κ2) is 7.60. The highest BCUT2D eigenvalue weighted by Crippen LogP contribution is 2.30. The van der Waals surface area contributed by atoms with Gasteiger partial charge >= 0.3 is 0 Å². The van der Waals surface area contributed by atoms with Gasteiger partial charge in [-0.05, 0) is 30.7 Å². The number of ether oxygens (including phenoxy) is 1. The number of methoxy groups -OCH3 is 1. The largest absolute Gasteiger partial charge is 0.494 e. The van der Waals surface area contributed by atoms with Gasteiger partial charge in [0.2, 0.25) is 0 Å². The number of carbonyl (C=O) groups excluding carboxylic acids is 1. The van der Waals surface area contributed by atoms with Crippen LogP contribution in [0.1, 0.15) is 15.9 Å². The fourth-order valence-corrected chi connectivity index (χ4v) is 4.02. The third-order valence-electron chi connectivity index (χ3n) is 4.71. The van der Waals surface area contributed by atoms with Crippen molar-refractivity contribution >= 4 is 27.3 Å². The number of aryl methyl sites for hydroxylation is 1. The molecule has 2 aromatic heterocycles. The van der Waals surface area contributed by atoms with Crippen LogP contribution in [0.3, 0.4) is 0 Å². The Morgan fingerprint density at radius 3 is 2.66 bits per heavy atom. The molecule has 0 atom stereocenters. The van der Waals surface area contributed by atoms with Gasteiger partial charge in [0.15, 0.2) is 17.3 Å². The second-order valence-electron chi connectivity index (χ2n) is 6.65. The zero-order valence-electron chi connectivity index (χ0n) is 15.8.